The van der Waals surface area contributed by atoms with E-state index in [1.54, 1.807) is 24.3 Å². The number of aromatic nitrogens is 2. The van der Waals surface area contributed by atoms with Crippen molar-refractivity contribution in [1.82, 2.24) is 15.5 Å². The van der Waals surface area contributed by atoms with Crippen LogP contribution in [0.25, 0.3) is 10.8 Å². The van der Waals surface area contributed by atoms with E-state index in [0.29, 0.717) is 23.7 Å². The van der Waals surface area contributed by atoms with Crippen molar-refractivity contribution in [2.45, 2.75) is 19.4 Å². The van der Waals surface area contributed by atoms with Gasteiger partial charge >= 0.3 is 5.97 Å². The van der Waals surface area contributed by atoms with Gasteiger partial charge in [-0.15, -0.1) is 0 Å². The SMILES string of the molecule is C[C@@H](OC(=O)c1n[nH]c(=O)c2ccccc12)C(=O)NCCc1ccccc1. The summed E-state index contributed by atoms with van der Waals surface area (Å²) in [6.07, 6.45) is -0.305. The lowest BCUT2D eigenvalue weighted by molar-refractivity contribution is -0.129. The fourth-order valence-electron chi connectivity index (χ4n) is 2.66. The molecule has 2 N–H and O–H groups in total. The molecule has 0 unspecified atom stereocenters. The van der Waals surface area contributed by atoms with Gasteiger partial charge in [-0.1, -0.05) is 48.5 Å². The van der Waals surface area contributed by atoms with Gasteiger partial charge in [0.2, 0.25) is 0 Å². The number of carbonyl (C=O) groups is 2. The number of ether oxygens (including phenoxy) is 1. The normalized spacial score (nSPS) is 11.7. The summed E-state index contributed by atoms with van der Waals surface area (Å²) in [6, 6.07) is 16.3. The number of H-pyrrole nitrogens is 1. The Morgan fingerprint density at radius 3 is 2.48 bits per heavy atom. The zero-order valence-corrected chi connectivity index (χ0v) is 14.8. The van der Waals surface area contributed by atoms with Crippen molar-refractivity contribution >= 4 is 22.6 Å². The van der Waals surface area contributed by atoms with Crippen LogP contribution in [0, 0.1) is 0 Å². The molecule has 7 heteroatoms. The van der Waals surface area contributed by atoms with Gasteiger partial charge in [0.15, 0.2) is 11.8 Å². The zero-order valence-electron chi connectivity index (χ0n) is 14.8. The summed E-state index contributed by atoms with van der Waals surface area (Å²) in [5.74, 6) is -1.17. The largest absolute Gasteiger partial charge is 0.448 e. The fraction of sp³-hybridized carbons (Fsp3) is 0.200. The van der Waals surface area contributed by atoms with Gasteiger partial charge < -0.3 is 10.1 Å². The highest BCUT2D eigenvalue weighted by Gasteiger charge is 2.21. The molecule has 0 radical (unpaired) electrons. The Labute approximate surface area is 155 Å². The molecule has 0 spiro atoms. The molecular weight excluding hydrogens is 346 g/mol. The standard InChI is InChI=1S/C20H19N3O4/c1-13(18(24)21-12-11-14-7-3-2-4-8-14)27-20(26)17-15-9-5-6-10-16(15)19(25)23-22-17/h2-10,13H,11-12H2,1H3,(H,21,24)(H,23,25)/t13-/m1/s1. The van der Waals surface area contributed by atoms with Gasteiger partial charge in [0, 0.05) is 11.9 Å². The van der Waals surface area contributed by atoms with Crippen molar-refractivity contribution in [3.63, 3.8) is 0 Å². The number of amides is 1. The molecule has 7 nitrogen and oxygen atoms in total. The third-order valence-electron chi connectivity index (χ3n) is 4.10. The molecule has 27 heavy (non-hydrogen) atoms. The molecule has 1 amide bonds. The summed E-state index contributed by atoms with van der Waals surface area (Å²) < 4.78 is 5.21. The number of carbonyl (C=O) groups excluding carboxylic acids is 2. The van der Waals surface area contributed by atoms with E-state index in [-0.39, 0.29) is 5.69 Å². The van der Waals surface area contributed by atoms with E-state index in [9.17, 15) is 14.4 Å². The molecule has 2 aromatic carbocycles. The molecule has 0 aliphatic rings. The van der Waals surface area contributed by atoms with E-state index in [1.807, 2.05) is 30.3 Å². The van der Waals surface area contributed by atoms with Crippen LogP contribution >= 0.6 is 0 Å². The second-order valence-electron chi connectivity index (χ2n) is 6.02. The number of hydrogen-bond acceptors (Lipinski definition) is 5. The van der Waals surface area contributed by atoms with Crippen LogP contribution in [0.5, 0.6) is 0 Å². The maximum atomic E-state index is 12.4. The van der Waals surface area contributed by atoms with Crippen LogP contribution in [-0.4, -0.2) is 34.7 Å². The van der Waals surface area contributed by atoms with Crippen molar-refractivity contribution in [2.75, 3.05) is 6.54 Å². The predicted molar refractivity (Wildman–Crippen MR) is 100 cm³/mol. The van der Waals surface area contributed by atoms with Crippen LogP contribution in [0.2, 0.25) is 0 Å². The minimum absolute atomic E-state index is 0.0332. The van der Waals surface area contributed by atoms with E-state index < -0.39 is 23.5 Å². The lowest BCUT2D eigenvalue weighted by atomic mass is 10.1. The molecule has 1 atom stereocenters. The molecule has 138 valence electrons. The van der Waals surface area contributed by atoms with Gasteiger partial charge in [-0.05, 0) is 25.0 Å². The average Bonchev–Trinajstić information content (AvgIpc) is 2.69. The summed E-state index contributed by atoms with van der Waals surface area (Å²) in [5, 5.41) is 9.50. The summed E-state index contributed by atoms with van der Waals surface area (Å²) in [5.41, 5.74) is 0.675. The van der Waals surface area contributed by atoms with Crippen LogP contribution in [0.3, 0.4) is 0 Å². The van der Waals surface area contributed by atoms with Crippen molar-refractivity contribution in [1.29, 1.82) is 0 Å². The maximum Gasteiger partial charge on any atom is 0.360 e. The molecule has 3 rings (SSSR count). The van der Waals surface area contributed by atoms with E-state index in [2.05, 4.69) is 15.5 Å². The Bertz CT molecular complexity index is 1010. The monoisotopic (exact) mass is 365 g/mol. The van der Waals surface area contributed by atoms with Crippen LogP contribution in [0.1, 0.15) is 23.0 Å². The number of esters is 1. The number of benzene rings is 2. The Hall–Kier alpha value is -3.48. The number of nitrogens with zero attached hydrogens (tertiary/aromatic N) is 1. The van der Waals surface area contributed by atoms with Crippen molar-refractivity contribution in [3.8, 4) is 0 Å². The number of fused-ring (bicyclic) bond motifs is 1. The van der Waals surface area contributed by atoms with Gasteiger partial charge in [-0.3, -0.25) is 9.59 Å². The van der Waals surface area contributed by atoms with Crippen molar-refractivity contribution < 1.29 is 14.3 Å². The molecule has 0 saturated carbocycles. The van der Waals surface area contributed by atoms with Gasteiger partial charge in [0.1, 0.15) is 0 Å². The minimum Gasteiger partial charge on any atom is -0.448 e. The number of aromatic amines is 1. The van der Waals surface area contributed by atoms with Crippen LogP contribution in [0.4, 0.5) is 0 Å². The highest BCUT2D eigenvalue weighted by molar-refractivity contribution is 6.02. The highest BCUT2D eigenvalue weighted by Crippen LogP contribution is 2.14. The predicted octanol–water partition coefficient (Wildman–Crippen LogP) is 1.83. The van der Waals surface area contributed by atoms with E-state index in [0.717, 1.165) is 5.56 Å². The summed E-state index contributed by atoms with van der Waals surface area (Å²) in [7, 11) is 0. The second-order valence-corrected chi connectivity index (χ2v) is 6.02. The second kappa shape index (κ2) is 8.27. The first-order valence-electron chi connectivity index (χ1n) is 8.56. The third kappa shape index (κ3) is 4.38. The van der Waals surface area contributed by atoms with Crippen LogP contribution in [-0.2, 0) is 16.0 Å². The average molecular weight is 365 g/mol. The summed E-state index contributed by atoms with van der Waals surface area (Å²) >= 11 is 0. The number of hydrogen-bond donors (Lipinski definition) is 2. The fourth-order valence-corrected chi connectivity index (χ4v) is 2.66. The first kappa shape index (κ1) is 18.3. The van der Waals surface area contributed by atoms with Crippen molar-refractivity contribution in [2.24, 2.45) is 0 Å². The molecule has 0 saturated heterocycles. The Morgan fingerprint density at radius 1 is 1.07 bits per heavy atom. The molecule has 3 aromatic rings. The number of nitrogens with one attached hydrogen (secondary N) is 2. The zero-order chi connectivity index (χ0) is 19.2. The Morgan fingerprint density at radius 2 is 1.74 bits per heavy atom. The van der Waals surface area contributed by atoms with Gasteiger partial charge in [-0.25, -0.2) is 9.89 Å². The molecule has 1 aromatic heterocycles. The first-order valence-corrected chi connectivity index (χ1v) is 8.56. The molecular formula is C20H19N3O4. The molecule has 1 heterocycles. The van der Waals surface area contributed by atoms with E-state index in [1.165, 1.54) is 6.92 Å². The van der Waals surface area contributed by atoms with Crippen molar-refractivity contribution in [3.05, 3.63) is 76.2 Å². The summed E-state index contributed by atoms with van der Waals surface area (Å²) in [4.78, 5) is 36.3. The van der Waals surface area contributed by atoms with Crippen LogP contribution < -0.4 is 10.9 Å². The smallest absolute Gasteiger partial charge is 0.360 e. The highest BCUT2D eigenvalue weighted by atomic mass is 16.5. The summed E-state index contributed by atoms with van der Waals surface area (Å²) in [6.45, 7) is 1.92. The lowest BCUT2D eigenvalue weighted by Gasteiger charge is -2.13. The quantitative estimate of drug-likeness (QED) is 0.649. The van der Waals surface area contributed by atoms with E-state index in [4.69, 9.17) is 4.74 Å². The Balaban J connectivity index is 1.61. The molecule has 0 aliphatic heterocycles. The van der Waals surface area contributed by atoms with Gasteiger partial charge in [0.05, 0.1) is 5.39 Å². The number of rotatable bonds is 6. The molecule has 0 fully saturated rings. The Kier molecular flexibility index (Phi) is 5.61. The third-order valence-corrected chi connectivity index (χ3v) is 4.10. The first-order chi connectivity index (χ1) is 13.1. The lowest BCUT2D eigenvalue weighted by Crippen LogP contribution is -2.37. The minimum atomic E-state index is -0.985. The van der Waals surface area contributed by atoms with Gasteiger partial charge in [-0.2, -0.15) is 5.10 Å². The maximum absolute atomic E-state index is 12.4. The van der Waals surface area contributed by atoms with Gasteiger partial charge in [0.25, 0.3) is 11.5 Å². The topological polar surface area (TPSA) is 101 Å². The molecule has 0 aliphatic carbocycles. The van der Waals surface area contributed by atoms with E-state index >= 15 is 0 Å². The molecule has 0 bridgehead atoms. The van der Waals surface area contributed by atoms with Crippen LogP contribution in [0.15, 0.2) is 59.4 Å².